The van der Waals surface area contributed by atoms with Gasteiger partial charge in [-0.2, -0.15) is 0 Å². The van der Waals surface area contributed by atoms with E-state index in [9.17, 15) is 13.2 Å². The fourth-order valence-corrected chi connectivity index (χ4v) is 5.72. The molecular weight excluding hydrogens is 458 g/mol. The van der Waals surface area contributed by atoms with Gasteiger partial charge in [0.15, 0.2) is 0 Å². The molecule has 0 saturated heterocycles. The van der Waals surface area contributed by atoms with E-state index >= 15 is 0 Å². The minimum atomic E-state index is -3.98. The molecule has 0 radical (unpaired) electrons. The Kier molecular flexibility index (Phi) is 6.09. The van der Waals surface area contributed by atoms with Gasteiger partial charge in [-0.3, -0.25) is 9.52 Å². The van der Waals surface area contributed by atoms with Crippen LogP contribution in [0.4, 0.5) is 11.4 Å². The number of aromatic nitrogens is 1. The third-order valence-corrected chi connectivity index (χ3v) is 7.51. The smallest absolute Gasteiger partial charge is 0.265 e. The van der Waals surface area contributed by atoms with Crippen LogP contribution in [0.15, 0.2) is 59.5 Å². The fraction of sp³-hybridized carbons (Fsp3) is 0.167. The molecule has 1 amide bonds. The van der Waals surface area contributed by atoms with Crippen molar-refractivity contribution in [2.45, 2.75) is 25.7 Å². The minimum Gasteiger partial charge on any atom is -0.495 e. The predicted octanol–water partition coefficient (Wildman–Crippen LogP) is 5.28. The van der Waals surface area contributed by atoms with Crippen LogP contribution in [0.2, 0.25) is 0 Å². The summed E-state index contributed by atoms with van der Waals surface area (Å²) in [7, 11) is -2.59. The van der Waals surface area contributed by atoms with Crippen LogP contribution in [0.1, 0.15) is 26.5 Å². The molecule has 0 aliphatic rings. The third kappa shape index (κ3) is 4.69. The molecule has 0 atom stereocenters. The summed E-state index contributed by atoms with van der Waals surface area (Å²) in [5, 5.41) is 3.69. The van der Waals surface area contributed by atoms with Crippen molar-refractivity contribution in [1.82, 2.24) is 4.98 Å². The highest BCUT2D eigenvalue weighted by Crippen LogP contribution is 2.31. The third-order valence-electron chi connectivity index (χ3n) is 5.19. The Bertz CT molecular complexity index is 1460. The van der Waals surface area contributed by atoms with Crippen molar-refractivity contribution in [3.8, 4) is 5.75 Å². The average Bonchev–Trinajstić information content (AvgIpc) is 3.15. The lowest BCUT2D eigenvalue weighted by Crippen LogP contribution is -2.17. The van der Waals surface area contributed by atoms with Gasteiger partial charge >= 0.3 is 0 Å². The largest absolute Gasteiger partial charge is 0.495 e. The first kappa shape index (κ1) is 22.8. The molecule has 170 valence electrons. The van der Waals surface area contributed by atoms with E-state index in [1.807, 2.05) is 45.0 Å². The first-order valence-corrected chi connectivity index (χ1v) is 12.4. The summed E-state index contributed by atoms with van der Waals surface area (Å²) >= 11 is 1.56. The molecule has 0 unspecified atom stereocenters. The highest BCUT2D eigenvalue weighted by molar-refractivity contribution is 7.92. The van der Waals surface area contributed by atoms with Crippen molar-refractivity contribution < 1.29 is 17.9 Å². The molecule has 0 bridgehead atoms. The van der Waals surface area contributed by atoms with Gasteiger partial charge in [0.1, 0.15) is 10.6 Å². The lowest BCUT2D eigenvalue weighted by atomic mass is 10.1. The molecule has 1 aromatic heterocycles. The number of ether oxygens (including phenoxy) is 1. The summed E-state index contributed by atoms with van der Waals surface area (Å²) in [6, 6.07) is 15.3. The molecular formula is C24H23N3O4S2. The number of benzene rings is 3. The van der Waals surface area contributed by atoms with Crippen molar-refractivity contribution in [3.05, 3.63) is 76.3 Å². The zero-order valence-electron chi connectivity index (χ0n) is 18.6. The van der Waals surface area contributed by atoms with E-state index in [2.05, 4.69) is 15.0 Å². The second-order valence-electron chi connectivity index (χ2n) is 7.61. The summed E-state index contributed by atoms with van der Waals surface area (Å²) < 4.78 is 35.4. The van der Waals surface area contributed by atoms with Crippen LogP contribution in [0.3, 0.4) is 0 Å². The first-order chi connectivity index (χ1) is 15.7. The number of sulfonamides is 1. The van der Waals surface area contributed by atoms with Crippen LogP contribution >= 0.6 is 11.3 Å². The van der Waals surface area contributed by atoms with E-state index in [0.29, 0.717) is 16.9 Å². The Morgan fingerprint density at radius 2 is 1.73 bits per heavy atom. The zero-order valence-corrected chi connectivity index (χ0v) is 20.2. The number of thiazole rings is 1. The molecule has 0 spiro atoms. The van der Waals surface area contributed by atoms with Gasteiger partial charge in [-0.1, -0.05) is 18.2 Å². The number of hydrogen-bond donors (Lipinski definition) is 2. The molecule has 0 fully saturated rings. The van der Waals surface area contributed by atoms with Gasteiger partial charge in [-0.15, -0.1) is 11.3 Å². The topological polar surface area (TPSA) is 97.4 Å². The number of para-hydroxylation sites is 1. The van der Waals surface area contributed by atoms with E-state index in [0.717, 1.165) is 26.4 Å². The molecule has 1 heterocycles. The second kappa shape index (κ2) is 8.84. The fourth-order valence-electron chi connectivity index (χ4n) is 3.52. The summed E-state index contributed by atoms with van der Waals surface area (Å²) in [6.07, 6.45) is 0. The number of nitrogens with one attached hydrogen (secondary N) is 2. The number of hydrogen-bond acceptors (Lipinski definition) is 6. The Labute approximate surface area is 196 Å². The van der Waals surface area contributed by atoms with Gasteiger partial charge in [0.2, 0.25) is 0 Å². The summed E-state index contributed by atoms with van der Waals surface area (Å²) in [5.74, 6) is -0.190. The number of carbonyl (C=O) groups is 1. The molecule has 9 heteroatoms. The molecule has 0 aliphatic carbocycles. The van der Waals surface area contributed by atoms with Gasteiger partial charge in [-0.25, -0.2) is 13.4 Å². The van der Waals surface area contributed by atoms with Crippen LogP contribution in [-0.2, 0) is 10.0 Å². The van der Waals surface area contributed by atoms with Crippen molar-refractivity contribution in [2.24, 2.45) is 0 Å². The van der Waals surface area contributed by atoms with Crippen LogP contribution in [0.25, 0.3) is 10.2 Å². The molecule has 7 nitrogen and oxygen atoms in total. The van der Waals surface area contributed by atoms with E-state index in [-0.39, 0.29) is 16.6 Å². The van der Waals surface area contributed by atoms with Crippen molar-refractivity contribution in [2.75, 3.05) is 17.1 Å². The predicted molar refractivity (Wildman–Crippen MR) is 132 cm³/mol. The van der Waals surface area contributed by atoms with Gasteiger partial charge in [0, 0.05) is 11.3 Å². The van der Waals surface area contributed by atoms with E-state index in [1.54, 1.807) is 29.5 Å². The molecule has 0 saturated carbocycles. The van der Waals surface area contributed by atoms with Gasteiger partial charge in [0.05, 0.1) is 28.0 Å². The zero-order chi connectivity index (χ0) is 23.8. The number of anilines is 2. The van der Waals surface area contributed by atoms with Gasteiger partial charge in [0.25, 0.3) is 15.9 Å². The van der Waals surface area contributed by atoms with E-state index in [4.69, 9.17) is 4.74 Å². The highest BCUT2D eigenvalue weighted by atomic mass is 32.2. The maximum atomic E-state index is 13.2. The van der Waals surface area contributed by atoms with Crippen molar-refractivity contribution in [1.29, 1.82) is 0 Å². The SMILES string of the molecule is COc1ccc(NC(=O)c2ccc3sc(C)nc3c2)cc1S(=O)(=O)Nc1c(C)cccc1C. The van der Waals surface area contributed by atoms with Crippen molar-refractivity contribution in [3.63, 3.8) is 0 Å². The van der Waals surface area contributed by atoms with Crippen LogP contribution in [0.5, 0.6) is 5.75 Å². The number of fused-ring (bicyclic) bond motifs is 1. The number of nitrogens with zero attached hydrogens (tertiary/aromatic N) is 1. The molecule has 4 rings (SSSR count). The van der Waals surface area contributed by atoms with Crippen LogP contribution in [0, 0.1) is 20.8 Å². The Balaban J connectivity index is 1.65. The van der Waals surface area contributed by atoms with Gasteiger partial charge in [-0.05, 0) is 68.3 Å². The summed E-state index contributed by atoms with van der Waals surface area (Å²) in [6.45, 7) is 5.58. The number of methoxy groups -OCH3 is 1. The maximum Gasteiger partial charge on any atom is 0.265 e. The monoisotopic (exact) mass is 481 g/mol. The number of amides is 1. The lowest BCUT2D eigenvalue weighted by molar-refractivity contribution is 0.102. The van der Waals surface area contributed by atoms with E-state index in [1.165, 1.54) is 19.2 Å². The Hall–Kier alpha value is -3.43. The average molecular weight is 482 g/mol. The minimum absolute atomic E-state index is 0.0731. The van der Waals surface area contributed by atoms with Gasteiger partial charge < -0.3 is 10.1 Å². The molecule has 2 N–H and O–H groups in total. The molecule has 33 heavy (non-hydrogen) atoms. The maximum absolute atomic E-state index is 13.2. The number of aryl methyl sites for hydroxylation is 3. The summed E-state index contributed by atoms with van der Waals surface area (Å²) in [4.78, 5) is 17.2. The second-order valence-corrected chi connectivity index (χ2v) is 10.5. The Morgan fingerprint density at radius 1 is 1.00 bits per heavy atom. The number of rotatable bonds is 6. The van der Waals surface area contributed by atoms with Crippen LogP contribution in [-0.4, -0.2) is 26.4 Å². The highest BCUT2D eigenvalue weighted by Gasteiger charge is 2.22. The lowest BCUT2D eigenvalue weighted by Gasteiger charge is -2.16. The van der Waals surface area contributed by atoms with Crippen molar-refractivity contribution >= 4 is 48.9 Å². The normalized spacial score (nSPS) is 11.4. The molecule has 4 aromatic rings. The van der Waals surface area contributed by atoms with Crippen LogP contribution < -0.4 is 14.8 Å². The van der Waals surface area contributed by atoms with E-state index < -0.39 is 10.0 Å². The molecule has 0 aliphatic heterocycles. The Morgan fingerprint density at radius 3 is 2.42 bits per heavy atom. The first-order valence-electron chi connectivity index (χ1n) is 10.1. The number of carbonyl (C=O) groups excluding carboxylic acids is 1. The standard InChI is InChI=1S/C24H23N3O4S2/c1-14-6-5-7-15(2)23(14)27-33(29,30)22-13-18(9-10-20(22)31-4)26-24(28)17-8-11-21-19(12-17)25-16(3)32-21/h5-13,27H,1-4H3,(H,26,28). The summed E-state index contributed by atoms with van der Waals surface area (Å²) in [5.41, 5.74) is 3.63. The molecule has 3 aromatic carbocycles. The quantitative estimate of drug-likeness (QED) is 0.390.